The Morgan fingerprint density at radius 1 is 1.09 bits per heavy atom. The van der Waals surface area contributed by atoms with Crippen molar-refractivity contribution < 1.29 is 22.7 Å². The monoisotopic (exact) mass is 486 g/mol. The Balaban J connectivity index is 1.35. The highest BCUT2D eigenvalue weighted by Crippen LogP contribution is 2.26. The molecule has 35 heavy (non-hydrogen) atoms. The van der Waals surface area contributed by atoms with Crippen LogP contribution in [0, 0.1) is 24.4 Å². The molecule has 2 heterocycles. The highest BCUT2D eigenvalue weighted by molar-refractivity contribution is 5.90. The molecule has 0 aliphatic carbocycles. The lowest BCUT2D eigenvalue weighted by Gasteiger charge is -2.32. The summed E-state index contributed by atoms with van der Waals surface area (Å²) in [5, 5.41) is 5.96. The first-order chi connectivity index (χ1) is 16.8. The standard InChI is InChI=1S/C24H25F3N6O2/c1-14-21(30-15(2)34)4-3-5-22(14)31-23-28-13-29-24(32-23)33-8-6-17(7-9-33)35-12-16-10-19(26)20(27)11-18(16)25/h3-5,10-11,13,17H,6-9,12H2,1-2H3,(H,30,34)(H,28,29,31,32). The highest BCUT2D eigenvalue weighted by Gasteiger charge is 2.23. The third-order valence-corrected chi connectivity index (χ3v) is 5.74. The van der Waals surface area contributed by atoms with E-state index >= 15 is 0 Å². The molecular formula is C24H25F3N6O2. The van der Waals surface area contributed by atoms with E-state index < -0.39 is 17.5 Å². The smallest absolute Gasteiger partial charge is 0.232 e. The first-order valence-corrected chi connectivity index (χ1v) is 11.1. The van der Waals surface area contributed by atoms with Gasteiger partial charge in [0.05, 0.1) is 12.7 Å². The van der Waals surface area contributed by atoms with Crippen molar-refractivity contribution in [1.29, 1.82) is 0 Å². The van der Waals surface area contributed by atoms with Gasteiger partial charge in [-0.15, -0.1) is 0 Å². The molecule has 8 nitrogen and oxygen atoms in total. The average molecular weight is 486 g/mol. The van der Waals surface area contributed by atoms with E-state index in [1.807, 2.05) is 30.0 Å². The van der Waals surface area contributed by atoms with Crippen LogP contribution in [0.5, 0.6) is 0 Å². The lowest BCUT2D eigenvalue weighted by Crippen LogP contribution is -2.38. The van der Waals surface area contributed by atoms with Crippen LogP contribution in [0.4, 0.5) is 36.4 Å². The molecule has 0 saturated carbocycles. The molecule has 1 aromatic heterocycles. The van der Waals surface area contributed by atoms with Gasteiger partial charge >= 0.3 is 0 Å². The van der Waals surface area contributed by atoms with Gasteiger partial charge in [0.15, 0.2) is 11.6 Å². The zero-order chi connectivity index (χ0) is 24.9. The maximum Gasteiger partial charge on any atom is 0.232 e. The average Bonchev–Trinajstić information content (AvgIpc) is 2.83. The number of halogens is 3. The Labute approximate surface area is 200 Å². The molecule has 1 saturated heterocycles. The molecule has 0 radical (unpaired) electrons. The number of nitrogens with zero attached hydrogens (tertiary/aromatic N) is 4. The molecular weight excluding hydrogens is 461 g/mol. The molecule has 184 valence electrons. The topological polar surface area (TPSA) is 92.3 Å². The highest BCUT2D eigenvalue weighted by atomic mass is 19.2. The number of benzene rings is 2. The minimum atomic E-state index is -1.22. The van der Waals surface area contributed by atoms with E-state index in [1.165, 1.54) is 13.3 Å². The van der Waals surface area contributed by atoms with Crippen molar-refractivity contribution in [3.63, 3.8) is 0 Å². The molecule has 1 aliphatic rings. The molecule has 4 rings (SSSR count). The number of aromatic nitrogens is 3. The van der Waals surface area contributed by atoms with E-state index in [4.69, 9.17) is 4.74 Å². The summed E-state index contributed by atoms with van der Waals surface area (Å²) in [6.07, 6.45) is 2.54. The molecule has 2 N–H and O–H groups in total. The zero-order valence-corrected chi connectivity index (χ0v) is 19.3. The zero-order valence-electron chi connectivity index (χ0n) is 19.3. The van der Waals surface area contributed by atoms with Crippen LogP contribution in [0.1, 0.15) is 30.9 Å². The van der Waals surface area contributed by atoms with Gasteiger partial charge in [0.25, 0.3) is 0 Å². The van der Waals surface area contributed by atoms with Crippen molar-refractivity contribution in [3.05, 3.63) is 65.2 Å². The van der Waals surface area contributed by atoms with Crippen molar-refractivity contribution in [2.75, 3.05) is 28.6 Å². The van der Waals surface area contributed by atoms with Crippen LogP contribution in [0.2, 0.25) is 0 Å². The van der Waals surface area contributed by atoms with Gasteiger partial charge in [-0.05, 0) is 43.5 Å². The molecule has 1 amide bonds. The lowest BCUT2D eigenvalue weighted by atomic mass is 10.1. The summed E-state index contributed by atoms with van der Waals surface area (Å²) in [5.74, 6) is -2.44. The fourth-order valence-electron chi connectivity index (χ4n) is 3.82. The quantitative estimate of drug-likeness (QED) is 0.476. The minimum Gasteiger partial charge on any atom is -0.373 e. The summed E-state index contributed by atoms with van der Waals surface area (Å²) in [4.78, 5) is 26.4. The van der Waals surface area contributed by atoms with Crippen molar-refractivity contribution in [2.24, 2.45) is 0 Å². The first kappa shape index (κ1) is 24.4. The van der Waals surface area contributed by atoms with Gasteiger partial charge in [0, 0.05) is 43.0 Å². The number of hydrogen-bond donors (Lipinski definition) is 2. The van der Waals surface area contributed by atoms with Crippen molar-refractivity contribution >= 4 is 29.2 Å². The van der Waals surface area contributed by atoms with Crippen molar-refractivity contribution in [1.82, 2.24) is 15.0 Å². The predicted molar refractivity (Wildman–Crippen MR) is 125 cm³/mol. The van der Waals surface area contributed by atoms with Gasteiger partial charge in [0.1, 0.15) is 12.1 Å². The number of carbonyl (C=O) groups excluding carboxylic acids is 1. The van der Waals surface area contributed by atoms with Gasteiger partial charge in [-0.2, -0.15) is 4.98 Å². The van der Waals surface area contributed by atoms with E-state index in [0.29, 0.717) is 49.6 Å². The summed E-state index contributed by atoms with van der Waals surface area (Å²) >= 11 is 0. The van der Waals surface area contributed by atoms with E-state index in [-0.39, 0.29) is 24.2 Å². The molecule has 2 aromatic carbocycles. The van der Waals surface area contributed by atoms with Gasteiger partial charge in [0.2, 0.25) is 17.8 Å². The number of piperidine rings is 1. The van der Waals surface area contributed by atoms with Crippen LogP contribution < -0.4 is 15.5 Å². The second-order valence-corrected chi connectivity index (χ2v) is 8.25. The molecule has 1 fully saturated rings. The largest absolute Gasteiger partial charge is 0.373 e. The second kappa shape index (κ2) is 10.7. The molecule has 0 unspecified atom stereocenters. The third-order valence-electron chi connectivity index (χ3n) is 5.74. The maximum atomic E-state index is 13.8. The predicted octanol–water partition coefficient (Wildman–Crippen LogP) is 4.48. The molecule has 3 aromatic rings. The molecule has 0 atom stereocenters. The number of amides is 1. The van der Waals surface area contributed by atoms with Gasteiger partial charge in [-0.3, -0.25) is 4.79 Å². The SMILES string of the molecule is CC(=O)Nc1cccc(Nc2ncnc(N3CCC(OCc4cc(F)c(F)cc4F)CC3)n2)c1C. The fraction of sp³-hybridized carbons (Fsp3) is 0.333. The summed E-state index contributed by atoms with van der Waals surface area (Å²) < 4.78 is 46.0. The number of rotatable bonds is 7. The van der Waals surface area contributed by atoms with E-state index in [2.05, 4.69) is 25.6 Å². The number of anilines is 4. The number of nitrogens with one attached hydrogen (secondary N) is 2. The van der Waals surface area contributed by atoms with E-state index in [0.717, 1.165) is 17.3 Å². The lowest BCUT2D eigenvalue weighted by molar-refractivity contribution is -0.114. The minimum absolute atomic E-state index is 0.0163. The molecule has 1 aliphatic heterocycles. The third kappa shape index (κ3) is 6.04. The molecule has 0 bridgehead atoms. The Hall–Kier alpha value is -3.73. The Kier molecular flexibility index (Phi) is 7.45. The van der Waals surface area contributed by atoms with Crippen molar-refractivity contribution in [2.45, 2.75) is 39.4 Å². The van der Waals surface area contributed by atoms with Crippen LogP contribution in [-0.2, 0) is 16.1 Å². The van der Waals surface area contributed by atoms with Crippen molar-refractivity contribution in [3.8, 4) is 0 Å². The normalized spacial score (nSPS) is 14.1. The molecule has 0 spiro atoms. The number of hydrogen-bond acceptors (Lipinski definition) is 7. The summed E-state index contributed by atoms with van der Waals surface area (Å²) in [7, 11) is 0. The van der Waals surface area contributed by atoms with Gasteiger partial charge in [-0.25, -0.2) is 23.1 Å². The summed E-state index contributed by atoms with van der Waals surface area (Å²) in [5.41, 5.74) is 2.28. The van der Waals surface area contributed by atoms with Crippen LogP contribution in [0.3, 0.4) is 0 Å². The first-order valence-electron chi connectivity index (χ1n) is 11.1. The fourth-order valence-corrected chi connectivity index (χ4v) is 3.82. The molecule has 11 heteroatoms. The van der Waals surface area contributed by atoms with Crippen LogP contribution in [-0.4, -0.2) is 40.1 Å². The van der Waals surface area contributed by atoms with Crippen LogP contribution in [0.25, 0.3) is 0 Å². The number of carbonyl (C=O) groups is 1. The second-order valence-electron chi connectivity index (χ2n) is 8.25. The van der Waals surface area contributed by atoms with Gasteiger partial charge in [-0.1, -0.05) is 6.07 Å². The number of ether oxygens (including phenoxy) is 1. The van der Waals surface area contributed by atoms with E-state index in [1.54, 1.807) is 0 Å². The van der Waals surface area contributed by atoms with Gasteiger partial charge < -0.3 is 20.3 Å². The van der Waals surface area contributed by atoms with Crippen LogP contribution >= 0.6 is 0 Å². The maximum absolute atomic E-state index is 13.8. The Morgan fingerprint density at radius 3 is 2.54 bits per heavy atom. The summed E-state index contributed by atoms with van der Waals surface area (Å²) in [6, 6.07) is 6.85. The Bertz CT molecular complexity index is 1220. The summed E-state index contributed by atoms with van der Waals surface area (Å²) in [6.45, 7) is 4.40. The van der Waals surface area contributed by atoms with E-state index in [9.17, 15) is 18.0 Å². The Morgan fingerprint density at radius 2 is 1.80 bits per heavy atom. The van der Waals surface area contributed by atoms with Crippen LogP contribution in [0.15, 0.2) is 36.7 Å².